The lowest BCUT2D eigenvalue weighted by Crippen LogP contribution is -2.23. The van der Waals surface area contributed by atoms with E-state index < -0.39 is 19.0 Å². The zero-order valence-corrected chi connectivity index (χ0v) is 16.5. The number of halogens is 4. The highest BCUT2D eigenvalue weighted by molar-refractivity contribution is 7.80. The number of thiocarbonyl (C=S) groups is 1. The van der Waals surface area contributed by atoms with Gasteiger partial charge in [0.1, 0.15) is 11.5 Å². The van der Waals surface area contributed by atoms with E-state index in [0.29, 0.717) is 17.2 Å². The van der Waals surface area contributed by atoms with Crippen molar-refractivity contribution < 1.29 is 36.5 Å². The zero-order chi connectivity index (χ0) is 22.1. The molecule has 2 aromatic rings. The topological polar surface area (TPSA) is 73.3 Å². The van der Waals surface area contributed by atoms with Crippen molar-refractivity contribution in [2.24, 2.45) is 5.10 Å². The van der Waals surface area contributed by atoms with E-state index in [4.69, 9.17) is 21.7 Å². The van der Waals surface area contributed by atoms with Crippen LogP contribution in [-0.4, -0.2) is 38.8 Å². The SMILES string of the molecule is COc1ccc(NC(=S)NN=Cc2ccc(OC(F)F)cc2OC(F)F)cc1OC. The van der Waals surface area contributed by atoms with Gasteiger partial charge >= 0.3 is 13.2 Å². The molecular weight excluding hydrogens is 430 g/mol. The monoisotopic (exact) mass is 447 g/mol. The van der Waals surface area contributed by atoms with Crippen LogP contribution in [0.5, 0.6) is 23.0 Å². The largest absolute Gasteiger partial charge is 0.493 e. The van der Waals surface area contributed by atoms with Gasteiger partial charge in [-0.15, -0.1) is 0 Å². The maximum atomic E-state index is 12.6. The number of rotatable bonds is 9. The van der Waals surface area contributed by atoms with Crippen molar-refractivity contribution in [3.63, 3.8) is 0 Å². The molecule has 0 saturated carbocycles. The number of ether oxygens (including phenoxy) is 4. The predicted molar refractivity (Wildman–Crippen MR) is 106 cm³/mol. The van der Waals surface area contributed by atoms with Gasteiger partial charge in [0.05, 0.1) is 20.4 Å². The van der Waals surface area contributed by atoms with Gasteiger partial charge in [0.15, 0.2) is 16.6 Å². The Kier molecular flexibility index (Phi) is 8.47. The van der Waals surface area contributed by atoms with Gasteiger partial charge in [-0.05, 0) is 36.5 Å². The van der Waals surface area contributed by atoms with E-state index in [-0.39, 0.29) is 16.4 Å². The minimum absolute atomic E-state index is 0.0818. The van der Waals surface area contributed by atoms with Crippen LogP contribution in [0.3, 0.4) is 0 Å². The third kappa shape index (κ3) is 6.95. The van der Waals surface area contributed by atoms with E-state index >= 15 is 0 Å². The van der Waals surface area contributed by atoms with Gasteiger partial charge in [-0.25, -0.2) is 0 Å². The summed E-state index contributed by atoms with van der Waals surface area (Å²) in [4.78, 5) is 0. The van der Waals surface area contributed by atoms with Crippen LogP contribution in [0.2, 0.25) is 0 Å². The average molecular weight is 447 g/mol. The van der Waals surface area contributed by atoms with Crippen molar-refractivity contribution >= 4 is 29.2 Å². The summed E-state index contributed by atoms with van der Waals surface area (Å²) in [5.41, 5.74) is 3.16. The molecule has 0 atom stereocenters. The molecule has 0 unspecified atom stereocenters. The van der Waals surface area contributed by atoms with E-state index in [0.717, 1.165) is 18.3 Å². The number of anilines is 1. The number of nitrogens with one attached hydrogen (secondary N) is 2. The standard InChI is InChI=1S/C18H17F4N3O4S/c1-26-13-6-4-11(7-15(13)27-2)24-18(30)25-23-9-10-3-5-12(28-16(19)20)8-14(10)29-17(21)22/h3-9,16-17H,1-2H3,(H2,24,25,30). The molecule has 0 saturated heterocycles. The van der Waals surface area contributed by atoms with E-state index in [1.54, 1.807) is 18.2 Å². The van der Waals surface area contributed by atoms with Crippen LogP contribution in [0.1, 0.15) is 5.56 Å². The van der Waals surface area contributed by atoms with Gasteiger partial charge in [-0.3, -0.25) is 5.43 Å². The quantitative estimate of drug-likeness (QED) is 0.258. The fourth-order valence-corrected chi connectivity index (χ4v) is 2.40. The predicted octanol–water partition coefficient (Wildman–Crippen LogP) is 4.23. The molecule has 0 aliphatic heterocycles. The van der Waals surface area contributed by atoms with Crippen molar-refractivity contribution in [2.45, 2.75) is 13.2 Å². The first-order valence-electron chi connectivity index (χ1n) is 8.18. The number of benzene rings is 2. The molecule has 0 aromatic heterocycles. The van der Waals surface area contributed by atoms with Crippen LogP contribution in [-0.2, 0) is 0 Å². The minimum atomic E-state index is -3.17. The van der Waals surface area contributed by atoms with Gasteiger partial charge in [0.25, 0.3) is 0 Å². The Morgan fingerprint density at radius 3 is 2.27 bits per heavy atom. The zero-order valence-electron chi connectivity index (χ0n) is 15.7. The van der Waals surface area contributed by atoms with Crippen LogP contribution in [0, 0.1) is 0 Å². The number of hydrazone groups is 1. The molecule has 2 N–H and O–H groups in total. The smallest absolute Gasteiger partial charge is 0.387 e. The first-order valence-corrected chi connectivity index (χ1v) is 8.59. The third-order valence-electron chi connectivity index (χ3n) is 3.44. The van der Waals surface area contributed by atoms with Crippen LogP contribution >= 0.6 is 12.2 Å². The summed E-state index contributed by atoms with van der Waals surface area (Å²) in [5, 5.41) is 6.76. The van der Waals surface area contributed by atoms with Crippen molar-refractivity contribution in [3.05, 3.63) is 42.0 Å². The number of hydrogen-bond acceptors (Lipinski definition) is 6. The maximum absolute atomic E-state index is 12.6. The van der Waals surface area contributed by atoms with E-state index in [9.17, 15) is 17.6 Å². The summed E-state index contributed by atoms with van der Waals surface area (Å²) in [6, 6.07) is 8.30. The lowest BCUT2D eigenvalue weighted by molar-refractivity contribution is -0.0543. The molecule has 0 aliphatic rings. The minimum Gasteiger partial charge on any atom is -0.493 e. The molecular formula is C18H17F4N3O4S. The van der Waals surface area contributed by atoms with E-state index in [1.165, 1.54) is 20.3 Å². The van der Waals surface area contributed by atoms with Crippen molar-refractivity contribution in [1.82, 2.24) is 5.43 Å². The molecule has 30 heavy (non-hydrogen) atoms. The summed E-state index contributed by atoms with van der Waals surface area (Å²) < 4.78 is 68.6. The Hall–Kier alpha value is -3.28. The van der Waals surface area contributed by atoms with Crippen LogP contribution < -0.4 is 29.7 Å². The van der Waals surface area contributed by atoms with Crippen LogP contribution in [0.4, 0.5) is 23.2 Å². The summed E-state index contributed by atoms with van der Waals surface area (Å²) in [5.74, 6) is 0.281. The van der Waals surface area contributed by atoms with Crippen molar-refractivity contribution in [3.8, 4) is 23.0 Å². The second-order valence-electron chi connectivity index (χ2n) is 5.35. The second kappa shape index (κ2) is 11.0. The summed E-state index contributed by atoms with van der Waals surface area (Å²) in [7, 11) is 2.99. The van der Waals surface area contributed by atoms with Gasteiger partial charge in [0, 0.05) is 23.4 Å². The van der Waals surface area contributed by atoms with Gasteiger partial charge < -0.3 is 24.3 Å². The third-order valence-corrected chi connectivity index (χ3v) is 3.63. The molecule has 7 nitrogen and oxygen atoms in total. The number of nitrogens with zero attached hydrogens (tertiary/aromatic N) is 1. The molecule has 0 heterocycles. The van der Waals surface area contributed by atoms with Gasteiger partial charge in [-0.1, -0.05) is 0 Å². The van der Waals surface area contributed by atoms with Crippen molar-refractivity contribution in [2.75, 3.05) is 19.5 Å². The molecule has 0 amide bonds. The number of alkyl halides is 4. The lowest BCUT2D eigenvalue weighted by atomic mass is 10.2. The molecule has 2 rings (SSSR count). The normalized spacial score (nSPS) is 10.9. The average Bonchev–Trinajstić information content (AvgIpc) is 2.68. The Morgan fingerprint density at radius 2 is 1.63 bits per heavy atom. The first-order chi connectivity index (χ1) is 14.3. The van der Waals surface area contributed by atoms with Gasteiger partial charge in [0.2, 0.25) is 0 Å². The summed E-state index contributed by atoms with van der Waals surface area (Å²) in [6.07, 6.45) is 1.13. The number of methoxy groups -OCH3 is 2. The molecule has 0 spiro atoms. The summed E-state index contributed by atoms with van der Waals surface area (Å²) >= 11 is 5.10. The fraction of sp³-hybridized carbons (Fsp3) is 0.222. The molecule has 0 aliphatic carbocycles. The highest BCUT2D eigenvalue weighted by Crippen LogP contribution is 2.29. The highest BCUT2D eigenvalue weighted by Gasteiger charge is 2.12. The first kappa shape index (κ1) is 23.0. The number of hydrogen-bond donors (Lipinski definition) is 2. The molecule has 12 heteroatoms. The highest BCUT2D eigenvalue weighted by atomic mass is 32.1. The van der Waals surface area contributed by atoms with Crippen molar-refractivity contribution in [1.29, 1.82) is 0 Å². The molecule has 0 radical (unpaired) electrons. The van der Waals surface area contributed by atoms with E-state index in [2.05, 4.69) is 25.3 Å². The molecule has 0 bridgehead atoms. The second-order valence-corrected chi connectivity index (χ2v) is 5.76. The lowest BCUT2D eigenvalue weighted by Gasteiger charge is -2.12. The fourth-order valence-electron chi connectivity index (χ4n) is 2.23. The molecule has 0 fully saturated rings. The van der Waals surface area contributed by atoms with Crippen LogP contribution in [0.15, 0.2) is 41.5 Å². The van der Waals surface area contributed by atoms with E-state index in [1.807, 2.05) is 0 Å². The Morgan fingerprint density at radius 1 is 0.933 bits per heavy atom. The van der Waals surface area contributed by atoms with Gasteiger partial charge in [-0.2, -0.15) is 22.7 Å². The Balaban J connectivity index is 2.05. The Labute approximate surface area is 174 Å². The van der Waals surface area contributed by atoms with Crippen LogP contribution in [0.25, 0.3) is 0 Å². The Bertz CT molecular complexity index is 900. The molecule has 162 valence electrons. The summed E-state index contributed by atoms with van der Waals surface area (Å²) in [6.45, 7) is -6.27. The molecule has 2 aromatic carbocycles. The maximum Gasteiger partial charge on any atom is 0.387 e.